The smallest absolute Gasteiger partial charge is 0.0406 e. The van der Waals surface area contributed by atoms with E-state index in [0.717, 1.165) is 17.5 Å². The van der Waals surface area contributed by atoms with Crippen molar-refractivity contribution in [1.82, 2.24) is 4.31 Å². The molecule has 0 N–H and O–H groups in total. The summed E-state index contributed by atoms with van der Waals surface area (Å²) in [6.45, 7) is 5.55. The van der Waals surface area contributed by atoms with Gasteiger partial charge in [-0.05, 0) is 67.5 Å². The first kappa shape index (κ1) is 17.8. The van der Waals surface area contributed by atoms with Crippen molar-refractivity contribution in [3.8, 4) is 0 Å². The van der Waals surface area contributed by atoms with Crippen LogP contribution in [0.3, 0.4) is 0 Å². The summed E-state index contributed by atoms with van der Waals surface area (Å²) in [7, 11) is 0. The average Bonchev–Trinajstić information content (AvgIpc) is 2.59. The molecule has 0 amide bonds. The highest BCUT2D eigenvalue weighted by atomic mass is 35.5. The van der Waals surface area contributed by atoms with Crippen LogP contribution >= 0.6 is 23.5 Å². The molecule has 3 rings (SSSR count). The number of rotatable bonds is 5. The summed E-state index contributed by atoms with van der Waals surface area (Å²) in [5, 5.41) is 0.801. The zero-order valence-corrected chi connectivity index (χ0v) is 16.1. The molecule has 24 heavy (non-hydrogen) atoms. The first-order valence-corrected chi connectivity index (χ1v) is 10.0. The van der Waals surface area contributed by atoms with Gasteiger partial charge < -0.3 is 0 Å². The molecule has 1 aliphatic rings. The molecule has 0 aromatic heterocycles. The number of hydrogen-bond acceptors (Lipinski definition) is 2. The van der Waals surface area contributed by atoms with Gasteiger partial charge in [-0.2, -0.15) is 0 Å². The summed E-state index contributed by atoms with van der Waals surface area (Å²) >= 11 is 7.92. The number of aryl methyl sites for hydroxylation is 1. The minimum Gasteiger partial charge on any atom is -0.239 e. The highest BCUT2D eigenvalue weighted by Gasteiger charge is 2.28. The van der Waals surface area contributed by atoms with Gasteiger partial charge in [-0.25, -0.2) is 4.31 Å². The third kappa shape index (κ3) is 4.78. The van der Waals surface area contributed by atoms with Crippen LogP contribution in [0.5, 0.6) is 0 Å². The first-order chi connectivity index (χ1) is 11.6. The third-order valence-electron chi connectivity index (χ3n) is 4.93. The third-order valence-corrected chi connectivity index (χ3v) is 6.30. The van der Waals surface area contributed by atoms with E-state index in [1.54, 1.807) is 0 Å². The summed E-state index contributed by atoms with van der Waals surface area (Å²) in [4.78, 5) is 1.27. The normalized spacial score (nSPS) is 21.2. The van der Waals surface area contributed by atoms with Crippen molar-refractivity contribution in [2.45, 2.75) is 57.0 Å². The summed E-state index contributed by atoms with van der Waals surface area (Å²) in [6.07, 6.45) is 5.37. The first-order valence-electron chi connectivity index (χ1n) is 8.87. The summed E-state index contributed by atoms with van der Waals surface area (Å²) < 4.78 is 2.59. The van der Waals surface area contributed by atoms with Crippen LogP contribution in [0, 0.1) is 12.8 Å². The standard InChI is InChI=1S/C21H26ClNS/c1-16-7-9-18(10-8-16)15-23(21-6-4-3-5-17(21)2)24-20-13-11-19(22)12-14-20/h7-14,17,21H,3-6,15H2,1-2H3. The van der Waals surface area contributed by atoms with Crippen LogP contribution < -0.4 is 0 Å². The van der Waals surface area contributed by atoms with E-state index in [1.807, 2.05) is 24.1 Å². The quantitative estimate of drug-likeness (QED) is 0.544. The summed E-state index contributed by atoms with van der Waals surface area (Å²) in [6, 6.07) is 17.8. The SMILES string of the molecule is Cc1ccc(CN(Sc2ccc(Cl)cc2)C2CCCCC2C)cc1. The molecule has 1 fully saturated rings. The molecular weight excluding hydrogens is 334 g/mol. The molecule has 1 aliphatic carbocycles. The Labute approximate surface area is 155 Å². The van der Waals surface area contributed by atoms with Gasteiger partial charge in [0.05, 0.1) is 0 Å². The van der Waals surface area contributed by atoms with Crippen molar-refractivity contribution in [3.05, 3.63) is 64.7 Å². The van der Waals surface area contributed by atoms with Crippen LogP contribution in [-0.2, 0) is 6.54 Å². The van der Waals surface area contributed by atoms with E-state index in [1.165, 1.54) is 41.7 Å². The van der Waals surface area contributed by atoms with Crippen molar-refractivity contribution in [1.29, 1.82) is 0 Å². The van der Waals surface area contributed by atoms with Crippen LogP contribution in [0.1, 0.15) is 43.7 Å². The van der Waals surface area contributed by atoms with Crippen molar-refractivity contribution in [2.24, 2.45) is 5.92 Å². The lowest BCUT2D eigenvalue weighted by Crippen LogP contribution is -2.36. The number of hydrogen-bond donors (Lipinski definition) is 0. The monoisotopic (exact) mass is 359 g/mol. The van der Waals surface area contributed by atoms with Crippen LogP contribution in [0.15, 0.2) is 53.4 Å². The Morgan fingerprint density at radius 1 is 1.00 bits per heavy atom. The Kier molecular flexibility index (Phi) is 6.26. The lowest BCUT2D eigenvalue weighted by atomic mass is 9.86. The molecule has 0 aliphatic heterocycles. The summed E-state index contributed by atoms with van der Waals surface area (Å²) in [5.41, 5.74) is 2.71. The minimum absolute atomic E-state index is 0.640. The van der Waals surface area contributed by atoms with E-state index in [9.17, 15) is 0 Å². The van der Waals surface area contributed by atoms with Crippen LogP contribution in [0.25, 0.3) is 0 Å². The van der Waals surface area contributed by atoms with Gasteiger partial charge in [0.1, 0.15) is 0 Å². The fraction of sp³-hybridized carbons (Fsp3) is 0.429. The molecule has 2 unspecified atom stereocenters. The highest BCUT2D eigenvalue weighted by Crippen LogP contribution is 2.36. The summed E-state index contributed by atoms with van der Waals surface area (Å²) in [5.74, 6) is 0.754. The number of halogens is 1. The lowest BCUT2D eigenvalue weighted by Gasteiger charge is -2.37. The Morgan fingerprint density at radius 3 is 2.33 bits per heavy atom. The Hall–Kier alpha value is -0.960. The Morgan fingerprint density at radius 2 is 1.67 bits per heavy atom. The zero-order chi connectivity index (χ0) is 16.9. The molecule has 0 heterocycles. The molecule has 128 valence electrons. The van der Waals surface area contributed by atoms with Gasteiger partial charge in [0.15, 0.2) is 0 Å². The molecule has 3 heteroatoms. The van der Waals surface area contributed by atoms with E-state index in [-0.39, 0.29) is 0 Å². The lowest BCUT2D eigenvalue weighted by molar-refractivity contribution is 0.198. The van der Waals surface area contributed by atoms with Gasteiger partial charge in [0.25, 0.3) is 0 Å². The predicted octanol–water partition coefficient (Wildman–Crippen LogP) is 6.74. The fourth-order valence-electron chi connectivity index (χ4n) is 3.45. The second kappa shape index (κ2) is 8.42. The second-order valence-corrected chi connectivity index (χ2v) is 8.49. The minimum atomic E-state index is 0.640. The van der Waals surface area contributed by atoms with Gasteiger partial charge in [0.2, 0.25) is 0 Å². The highest BCUT2D eigenvalue weighted by molar-refractivity contribution is 7.97. The van der Waals surface area contributed by atoms with E-state index in [2.05, 4.69) is 54.6 Å². The van der Waals surface area contributed by atoms with E-state index < -0.39 is 0 Å². The molecule has 2 atom stereocenters. The Balaban J connectivity index is 1.79. The number of nitrogens with zero attached hydrogens (tertiary/aromatic N) is 1. The van der Waals surface area contributed by atoms with E-state index in [0.29, 0.717) is 6.04 Å². The molecule has 0 spiro atoms. The van der Waals surface area contributed by atoms with Crippen molar-refractivity contribution in [2.75, 3.05) is 0 Å². The van der Waals surface area contributed by atoms with Gasteiger partial charge in [-0.1, -0.05) is 61.2 Å². The molecule has 2 aromatic carbocycles. The van der Waals surface area contributed by atoms with Crippen molar-refractivity contribution < 1.29 is 0 Å². The van der Waals surface area contributed by atoms with Gasteiger partial charge in [-0.15, -0.1) is 0 Å². The topological polar surface area (TPSA) is 3.24 Å². The van der Waals surface area contributed by atoms with Crippen molar-refractivity contribution >= 4 is 23.5 Å². The van der Waals surface area contributed by atoms with Crippen LogP contribution in [-0.4, -0.2) is 10.3 Å². The Bertz CT molecular complexity index is 590. The molecule has 1 nitrogen and oxygen atoms in total. The van der Waals surface area contributed by atoms with Crippen LogP contribution in [0.2, 0.25) is 5.02 Å². The zero-order valence-electron chi connectivity index (χ0n) is 14.5. The maximum atomic E-state index is 6.04. The average molecular weight is 360 g/mol. The van der Waals surface area contributed by atoms with Gasteiger partial charge >= 0.3 is 0 Å². The molecule has 0 bridgehead atoms. The second-order valence-electron chi connectivity index (χ2n) is 6.94. The van der Waals surface area contributed by atoms with Crippen molar-refractivity contribution in [3.63, 3.8) is 0 Å². The van der Waals surface area contributed by atoms with E-state index in [4.69, 9.17) is 11.6 Å². The molecule has 2 aromatic rings. The maximum Gasteiger partial charge on any atom is 0.0406 e. The largest absolute Gasteiger partial charge is 0.239 e. The molecular formula is C21H26ClNS. The molecule has 1 saturated carbocycles. The molecule has 0 radical (unpaired) electrons. The molecule has 0 saturated heterocycles. The predicted molar refractivity (Wildman–Crippen MR) is 105 cm³/mol. The fourth-order valence-corrected chi connectivity index (χ4v) is 4.76. The number of benzene rings is 2. The maximum absolute atomic E-state index is 6.04. The van der Waals surface area contributed by atoms with E-state index >= 15 is 0 Å². The van der Waals surface area contributed by atoms with Crippen LogP contribution in [0.4, 0.5) is 0 Å². The van der Waals surface area contributed by atoms with Gasteiger partial charge in [-0.3, -0.25) is 0 Å². The van der Waals surface area contributed by atoms with Gasteiger partial charge in [0, 0.05) is 22.5 Å².